The minimum Gasteiger partial charge on any atom is -0.386 e. The van der Waals surface area contributed by atoms with Gasteiger partial charge in [0, 0.05) is 6.42 Å². The largest absolute Gasteiger partial charge is 0.386 e. The fourth-order valence-corrected chi connectivity index (χ4v) is 2.25. The van der Waals surface area contributed by atoms with E-state index >= 15 is 0 Å². The molecule has 0 saturated heterocycles. The van der Waals surface area contributed by atoms with Crippen LogP contribution in [0.1, 0.15) is 54.9 Å². The quantitative estimate of drug-likeness (QED) is 0.654. The lowest BCUT2D eigenvalue weighted by molar-refractivity contribution is 0.103. The summed E-state index contributed by atoms with van der Waals surface area (Å²) in [7, 11) is 0. The van der Waals surface area contributed by atoms with Gasteiger partial charge in [-0.3, -0.25) is 0 Å². The summed E-state index contributed by atoms with van der Waals surface area (Å²) in [6.07, 6.45) is 4.80. The number of hydrogen-bond donors (Lipinski definition) is 1. The van der Waals surface area contributed by atoms with E-state index in [-0.39, 0.29) is 10.8 Å². The van der Waals surface area contributed by atoms with E-state index in [1.54, 1.807) is 0 Å². The highest BCUT2D eigenvalue weighted by Gasteiger charge is 2.34. The molecule has 0 saturated carbocycles. The van der Waals surface area contributed by atoms with Crippen LogP contribution in [0.4, 0.5) is 0 Å². The predicted molar refractivity (Wildman–Crippen MR) is 70.3 cm³/mol. The lowest BCUT2D eigenvalue weighted by Gasteiger charge is -2.38. The summed E-state index contributed by atoms with van der Waals surface area (Å²) in [5, 5.41) is 10.2. The molecule has 1 rings (SSSR count). The first-order valence-electron chi connectivity index (χ1n) is 6.09. The Bertz CT molecular complexity index is 329. The summed E-state index contributed by atoms with van der Waals surface area (Å²) in [5.41, 5.74) is 2.35. The van der Waals surface area contributed by atoms with Crippen LogP contribution >= 0.6 is 0 Å². The zero-order chi connectivity index (χ0) is 12.8. The second-order valence-electron chi connectivity index (χ2n) is 7.26. The van der Waals surface area contributed by atoms with Crippen molar-refractivity contribution in [2.75, 3.05) is 0 Å². The molecule has 0 radical (unpaired) electrons. The SMILES string of the molecule is CC1(O)C=CC(C(C)(C)C)=C(C(C)(C)C)C1. The second-order valence-corrected chi connectivity index (χ2v) is 7.26. The Balaban J connectivity index is 3.28. The van der Waals surface area contributed by atoms with Gasteiger partial charge < -0.3 is 5.11 Å². The van der Waals surface area contributed by atoms with Gasteiger partial charge in [0.2, 0.25) is 0 Å². The van der Waals surface area contributed by atoms with Crippen molar-refractivity contribution >= 4 is 0 Å². The summed E-state index contributed by atoms with van der Waals surface area (Å²) < 4.78 is 0. The van der Waals surface area contributed by atoms with Crippen LogP contribution in [0.5, 0.6) is 0 Å². The Hall–Kier alpha value is -0.560. The molecule has 92 valence electrons. The van der Waals surface area contributed by atoms with Crippen LogP contribution in [-0.4, -0.2) is 10.7 Å². The normalized spacial score (nSPS) is 27.5. The highest BCUT2D eigenvalue weighted by molar-refractivity contribution is 5.39. The average Bonchev–Trinajstić information content (AvgIpc) is 1.97. The molecule has 1 heteroatoms. The minimum atomic E-state index is -0.683. The molecule has 0 aromatic heterocycles. The first-order chi connectivity index (χ1) is 6.93. The van der Waals surface area contributed by atoms with Crippen LogP contribution in [0, 0.1) is 10.8 Å². The van der Waals surface area contributed by atoms with Crippen molar-refractivity contribution in [3.05, 3.63) is 23.3 Å². The molecule has 16 heavy (non-hydrogen) atoms. The molecule has 0 spiro atoms. The Morgan fingerprint density at radius 2 is 1.56 bits per heavy atom. The molecule has 0 aromatic carbocycles. The molecule has 0 aromatic rings. The highest BCUT2D eigenvalue weighted by atomic mass is 16.3. The molecular weight excluding hydrogens is 196 g/mol. The molecule has 0 amide bonds. The number of allylic oxidation sites excluding steroid dienone is 2. The fraction of sp³-hybridized carbons (Fsp3) is 0.733. The Kier molecular flexibility index (Phi) is 3.15. The molecule has 1 N–H and O–H groups in total. The summed E-state index contributed by atoms with van der Waals surface area (Å²) in [6.45, 7) is 15.3. The zero-order valence-electron chi connectivity index (χ0n) is 11.8. The highest BCUT2D eigenvalue weighted by Crippen LogP contribution is 2.43. The van der Waals surface area contributed by atoms with E-state index in [4.69, 9.17) is 0 Å². The molecule has 0 bridgehead atoms. The monoisotopic (exact) mass is 222 g/mol. The van der Waals surface area contributed by atoms with E-state index in [1.807, 2.05) is 13.0 Å². The summed E-state index contributed by atoms with van der Waals surface area (Å²) in [5.74, 6) is 0. The molecule has 1 nitrogen and oxygen atoms in total. The van der Waals surface area contributed by atoms with E-state index in [2.05, 4.69) is 47.6 Å². The third kappa shape index (κ3) is 2.98. The van der Waals surface area contributed by atoms with Crippen molar-refractivity contribution < 1.29 is 5.11 Å². The lowest BCUT2D eigenvalue weighted by Crippen LogP contribution is -2.31. The first kappa shape index (κ1) is 13.5. The molecule has 1 aliphatic carbocycles. The number of aliphatic hydroxyl groups is 1. The first-order valence-corrected chi connectivity index (χ1v) is 6.09. The third-order valence-electron chi connectivity index (χ3n) is 3.18. The van der Waals surface area contributed by atoms with Crippen LogP contribution in [-0.2, 0) is 0 Å². The maximum Gasteiger partial charge on any atom is 0.0840 e. The third-order valence-corrected chi connectivity index (χ3v) is 3.18. The van der Waals surface area contributed by atoms with E-state index in [9.17, 15) is 5.11 Å². The van der Waals surface area contributed by atoms with Gasteiger partial charge in [-0.05, 0) is 23.3 Å². The van der Waals surface area contributed by atoms with Crippen LogP contribution in [0.25, 0.3) is 0 Å². The average molecular weight is 222 g/mol. The molecule has 0 fully saturated rings. The predicted octanol–water partition coefficient (Wildman–Crippen LogP) is 4.09. The van der Waals surface area contributed by atoms with E-state index in [1.165, 1.54) is 11.1 Å². The van der Waals surface area contributed by atoms with E-state index < -0.39 is 5.60 Å². The standard InChI is InChI=1S/C15H26O/c1-13(2,3)11-8-9-15(7,16)10-12(11)14(4,5)6/h8-9,16H,10H2,1-7H3. The molecular formula is C15H26O. The molecule has 1 atom stereocenters. The molecule has 1 unspecified atom stereocenters. The molecule has 0 aliphatic heterocycles. The van der Waals surface area contributed by atoms with Gasteiger partial charge in [-0.25, -0.2) is 0 Å². The maximum absolute atomic E-state index is 10.2. The van der Waals surface area contributed by atoms with Gasteiger partial charge in [0.1, 0.15) is 0 Å². The van der Waals surface area contributed by atoms with Gasteiger partial charge >= 0.3 is 0 Å². The topological polar surface area (TPSA) is 20.2 Å². The van der Waals surface area contributed by atoms with Crippen molar-refractivity contribution in [2.45, 2.75) is 60.5 Å². The van der Waals surface area contributed by atoms with Gasteiger partial charge in [0.05, 0.1) is 5.60 Å². The van der Waals surface area contributed by atoms with Crippen LogP contribution < -0.4 is 0 Å². The molecule has 0 heterocycles. The zero-order valence-corrected chi connectivity index (χ0v) is 11.8. The van der Waals surface area contributed by atoms with Crippen LogP contribution in [0.2, 0.25) is 0 Å². The Morgan fingerprint density at radius 3 is 1.94 bits per heavy atom. The van der Waals surface area contributed by atoms with Crippen molar-refractivity contribution in [1.82, 2.24) is 0 Å². The van der Waals surface area contributed by atoms with E-state index in [0.29, 0.717) is 0 Å². The summed E-state index contributed by atoms with van der Waals surface area (Å²) >= 11 is 0. The van der Waals surface area contributed by atoms with Gasteiger partial charge in [-0.15, -0.1) is 0 Å². The fourth-order valence-electron chi connectivity index (χ4n) is 2.25. The molecule has 1 aliphatic rings. The van der Waals surface area contributed by atoms with Crippen molar-refractivity contribution in [2.24, 2.45) is 10.8 Å². The van der Waals surface area contributed by atoms with Gasteiger partial charge in [0.15, 0.2) is 0 Å². The summed E-state index contributed by atoms with van der Waals surface area (Å²) in [6, 6.07) is 0. The van der Waals surface area contributed by atoms with Crippen LogP contribution in [0.3, 0.4) is 0 Å². The van der Waals surface area contributed by atoms with Crippen LogP contribution in [0.15, 0.2) is 23.3 Å². The number of hydrogen-bond acceptors (Lipinski definition) is 1. The van der Waals surface area contributed by atoms with Gasteiger partial charge in [-0.2, -0.15) is 0 Å². The Morgan fingerprint density at radius 1 is 1.06 bits per heavy atom. The number of rotatable bonds is 0. The van der Waals surface area contributed by atoms with Crippen molar-refractivity contribution in [3.63, 3.8) is 0 Å². The second kappa shape index (κ2) is 3.73. The lowest BCUT2D eigenvalue weighted by atomic mass is 9.69. The van der Waals surface area contributed by atoms with Gasteiger partial charge in [0.25, 0.3) is 0 Å². The van der Waals surface area contributed by atoms with E-state index in [0.717, 1.165) is 6.42 Å². The smallest absolute Gasteiger partial charge is 0.0840 e. The van der Waals surface area contributed by atoms with Gasteiger partial charge in [-0.1, -0.05) is 59.3 Å². The minimum absolute atomic E-state index is 0.122. The Labute approximate surface area is 100 Å². The van der Waals surface area contributed by atoms with Crippen molar-refractivity contribution in [3.8, 4) is 0 Å². The maximum atomic E-state index is 10.2. The van der Waals surface area contributed by atoms with Crippen molar-refractivity contribution in [1.29, 1.82) is 0 Å². The summed E-state index contributed by atoms with van der Waals surface area (Å²) in [4.78, 5) is 0.